The van der Waals surface area contributed by atoms with Crippen LogP contribution in [0.1, 0.15) is 102 Å². The second-order valence-electron chi connectivity index (χ2n) is 19.2. The molecule has 7 unspecified atom stereocenters. The Labute approximate surface area is 375 Å². The highest BCUT2D eigenvalue weighted by atomic mass is 32.2. The lowest BCUT2D eigenvalue weighted by molar-refractivity contribution is 0.310. The maximum Gasteiger partial charge on any atom is 0.0420 e. The van der Waals surface area contributed by atoms with E-state index in [1.54, 1.807) is 32.8 Å². The minimum Gasteiger partial charge on any atom is -0.387 e. The zero-order chi connectivity index (χ0) is 41.6. The van der Waals surface area contributed by atoms with Crippen LogP contribution in [0.2, 0.25) is 0 Å². The normalized spacial score (nSPS) is 30.1. The molecule has 314 valence electrons. The molecule has 2 N–H and O–H groups in total. The Kier molecular flexibility index (Phi) is 11.1. The van der Waals surface area contributed by atoms with Crippen LogP contribution in [-0.2, 0) is 0 Å². The highest BCUT2D eigenvalue weighted by Gasteiger charge is 2.39. The summed E-state index contributed by atoms with van der Waals surface area (Å²) >= 11 is 2.03. The lowest BCUT2D eigenvalue weighted by Crippen LogP contribution is -2.25. The van der Waals surface area contributed by atoms with Crippen LogP contribution < -0.4 is 10.6 Å². The molecule has 11 rings (SSSR count). The van der Waals surface area contributed by atoms with Gasteiger partial charge in [-0.15, -0.1) is 0 Å². The molecular weight excluding hydrogens is 769 g/mol. The van der Waals surface area contributed by atoms with Crippen molar-refractivity contribution in [3.8, 4) is 0 Å². The highest BCUT2D eigenvalue weighted by Crippen LogP contribution is 2.54. The number of hydrogen-bond donors (Lipinski definition) is 2. The lowest BCUT2D eigenvalue weighted by Gasteiger charge is -2.36. The Morgan fingerprint density at radius 3 is 2.61 bits per heavy atom. The minimum atomic E-state index is 0.339. The summed E-state index contributed by atoms with van der Waals surface area (Å²) in [6, 6.07) is 20.4. The first kappa shape index (κ1) is 39.8. The van der Waals surface area contributed by atoms with Gasteiger partial charge in [0.2, 0.25) is 0 Å². The molecule has 3 heteroatoms. The Morgan fingerprint density at radius 1 is 0.839 bits per heavy atom. The summed E-state index contributed by atoms with van der Waals surface area (Å²) in [6.07, 6.45) is 47.7. The SMILES string of the molecule is CCC1C=CC(C2C=C3C(=CC2)C(C)C(C2C=C(C4=CCNC=C4)C=C(c4ccccc4)C2)CC2=C3CCCC2)=CC1c1ccccc1NC1=CC=C2SC3=C(C=CCC3)C2C1. The third kappa shape index (κ3) is 7.63. The van der Waals surface area contributed by atoms with Gasteiger partial charge < -0.3 is 10.6 Å². The molecule has 0 saturated heterocycles. The van der Waals surface area contributed by atoms with Crippen molar-refractivity contribution in [1.29, 1.82) is 0 Å². The predicted molar refractivity (Wildman–Crippen MR) is 264 cm³/mol. The van der Waals surface area contributed by atoms with Crippen molar-refractivity contribution in [3.05, 3.63) is 211 Å². The minimum absolute atomic E-state index is 0.339. The monoisotopic (exact) mass is 830 g/mol. The number of allylic oxidation sites excluding steroid dienone is 24. The lowest BCUT2D eigenvalue weighted by atomic mass is 9.69. The molecule has 0 radical (unpaired) electrons. The zero-order valence-electron chi connectivity index (χ0n) is 36.7. The first-order valence-electron chi connectivity index (χ1n) is 24.0. The standard InChI is InChI=1S/C59H62N2S/c1-3-39-21-22-42(34-54(39)51-17-9-11-19-57(51)61-48-24-26-59-56(37-48)52-18-10-12-20-58(52)62-59)43-23-25-49-38(2)53(36-44-15-7-8-16-50(44)55(49)35-43)47-32-45(40-13-5-4-6-14-40)31-46(33-47)41-27-29-60-30-28-41/h4-6,9-11,13-14,17-19,21-22,24-29,31,33-35,38-39,43,47,53-54,56,60-61H,3,7-8,12,15-16,20,23,30,32,36-37H2,1-2H3. The van der Waals surface area contributed by atoms with Crippen LogP contribution >= 0.6 is 11.8 Å². The smallest absolute Gasteiger partial charge is 0.0420 e. The fourth-order valence-corrected chi connectivity index (χ4v) is 13.7. The Hall–Kier alpha value is -4.99. The van der Waals surface area contributed by atoms with E-state index < -0.39 is 0 Å². The molecule has 2 aliphatic heterocycles. The number of dihydropyridines is 1. The van der Waals surface area contributed by atoms with E-state index >= 15 is 0 Å². The van der Waals surface area contributed by atoms with E-state index in [0.717, 1.165) is 32.2 Å². The maximum absolute atomic E-state index is 4.00. The molecule has 2 aromatic rings. The van der Waals surface area contributed by atoms with Gasteiger partial charge in [0, 0.05) is 35.7 Å². The molecule has 9 aliphatic rings. The summed E-state index contributed by atoms with van der Waals surface area (Å²) in [5, 5.41) is 7.38. The van der Waals surface area contributed by atoms with Crippen LogP contribution in [0.4, 0.5) is 5.69 Å². The molecular formula is C59H62N2S. The van der Waals surface area contributed by atoms with Crippen molar-refractivity contribution >= 4 is 23.0 Å². The zero-order valence-corrected chi connectivity index (χ0v) is 37.5. The van der Waals surface area contributed by atoms with Crippen LogP contribution in [0.25, 0.3) is 5.57 Å². The molecule has 0 amide bonds. The van der Waals surface area contributed by atoms with Crippen LogP contribution in [0.15, 0.2) is 200 Å². The first-order chi connectivity index (χ1) is 30.6. The third-order valence-electron chi connectivity index (χ3n) is 15.7. The maximum atomic E-state index is 4.00. The van der Waals surface area contributed by atoms with Gasteiger partial charge in [-0.3, -0.25) is 0 Å². The summed E-state index contributed by atoms with van der Waals surface area (Å²) in [6.45, 7) is 5.84. The van der Waals surface area contributed by atoms with E-state index in [-0.39, 0.29) is 0 Å². The van der Waals surface area contributed by atoms with Gasteiger partial charge in [0.05, 0.1) is 0 Å². The van der Waals surface area contributed by atoms with Crippen LogP contribution in [0.3, 0.4) is 0 Å². The van der Waals surface area contributed by atoms with Crippen molar-refractivity contribution in [2.24, 2.45) is 35.5 Å². The average molecular weight is 831 g/mol. The molecule has 2 nitrogen and oxygen atoms in total. The fourth-order valence-electron chi connectivity index (χ4n) is 12.4. The molecule has 7 atom stereocenters. The molecule has 0 saturated carbocycles. The van der Waals surface area contributed by atoms with Gasteiger partial charge >= 0.3 is 0 Å². The number of benzene rings is 2. The van der Waals surface area contributed by atoms with Crippen LogP contribution in [-0.4, -0.2) is 6.54 Å². The molecule has 62 heavy (non-hydrogen) atoms. The number of para-hydroxylation sites is 1. The fraction of sp³-hybridized carbons (Fsp3) is 0.356. The second-order valence-corrected chi connectivity index (χ2v) is 20.4. The van der Waals surface area contributed by atoms with Gasteiger partial charge in [-0.2, -0.15) is 0 Å². The quantitative estimate of drug-likeness (QED) is 0.277. The van der Waals surface area contributed by atoms with E-state index in [0.29, 0.717) is 41.4 Å². The van der Waals surface area contributed by atoms with Gasteiger partial charge in [-0.1, -0.05) is 140 Å². The number of hydrogen-bond acceptors (Lipinski definition) is 3. The molecule has 7 aliphatic carbocycles. The number of thioether (sulfide) groups is 1. The predicted octanol–water partition coefficient (Wildman–Crippen LogP) is 15.3. The molecule has 2 heterocycles. The van der Waals surface area contributed by atoms with Crippen molar-refractivity contribution in [2.75, 3.05) is 11.9 Å². The number of nitrogens with one attached hydrogen (secondary N) is 2. The third-order valence-corrected chi connectivity index (χ3v) is 17.0. The van der Waals surface area contributed by atoms with Gasteiger partial charge in [0.15, 0.2) is 0 Å². The Balaban J connectivity index is 0.886. The largest absolute Gasteiger partial charge is 0.387 e. The molecule has 0 aromatic heterocycles. The van der Waals surface area contributed by atoms with Crippen molar-refractivity contribution in [1.82, 2.24) is 5.32 Å². The van der Waals surface area contributed by atoms with Crippen molar-refractivity contribution in [2.45, 2.75) is 90.4 Å². The summed E-state index contributed by atoms with van der Waals surface area (Å²) in [5.41, 5.74) is 19.4. The number of fused-ring (bicyclic) bond motifs is 4. The van der Waals surface area contributed by atoms with Crippen molar-refractivity contribution in [3.63, 3.8) is 0 Å². The summed E-state index contributed by atoms with van der Waals surface area (Å²) in [5.74, 6) is 3.27. The highest BCUT2D eigenvalue weighted by molar-refractivity contribution is 8.07. The van der Waals surface area contributed by atoms with Gasteiger partial charge in [-0.25, -0.2) is 0 Å². The average Bonchev–Trinajstić information content (AvgIpc) is 3.65. The Morgan fingerprint density at radius 2 is 1.73 bits per heavy atom. The van der Waals surface area contributed by atoms with E-state index in [2.05, 4.69) is 164 Å². The first-order valence-corrected chi connectivity index (χ1v) is 24.9. The summed E-state index contributed by atoms with van der Waals surface area (Å²) < 4.78 is 0. The summed E-state index contributed by atoms with van der Waals surface area (Å²) in [7, 11) is 0. The summed E-state index contributed by atoms with van der Waals surface area (Å²) in [4.78, 5) is 3.13. The molecule has 0 bridgehead atoms. The van der Waals surface area contributed by atoms with Crippen LogP contribution in [0.5, 0.6) is 0 Å². The van der Waals surface area contributed by atoms with E-state index in [1.165, 1.54) is 94.7 Å². The Bertz CT molecular complexity index is 2550. The molecule has 2 aromatic carbocycles. The second kappa shape index (κ2) is 17.3. The van der Waals surface area contributed by atoms with Gasteiger partial charge in [0.1, 0.15) is 0 Å². The van der Waals surface area contributed by atoms with E-state index in [1.807, 2.05) is 11.8 Å². The number of rotatable bonds is 8. The van der Waals surface area contributed by atoms with Crippen LogP contribution in [0, 0.1) is 35.5 Å². The molecule has 0 fully saturated rings. The van der Waals surface area contributed by atoms with E-state index in [4.69, 9.17) is 0 Å². The van der Waals surface area contributed by atoms with Gasteiger partial charge in [-0.05, 0) is 190 Å². The van der Waals surface area contributed by atoms with Gasteiger partial charge in [0.25, 0.3) is 0 Å². The topological polar surface area (TPSA) is 24.1 Å². The van der Waals surface area contributed by atoms with E-state index in [9.17, 15) is 0 Å². The number of anilines is 1. The van der Waals surface area contributed by atoms with Crippen molar-refractivity contribution < 1.29 is 0 Å². The molecule has 0 spiro atoms.